The number of aromatic amines is 1. The van der Waals surface area contributed by atoms with Gasteiger partial charge < -0.3 is 46.1 Å². The molecule has 4 aromatic rings. The Balaban J connectivity index is 1.39. The standard InChI is InChI=1S/C48H63ClN12O9S/c1-47(2,3)69-44(65)50-21-13-12-17-35-42(64)59(7)37(24-31-27-60(46(67)68)36-19-10-9-16-33(31)36)41(63)53-26-30-23-32(39-55-57-58-56-39)28-61(49)43(30)71-38-20-11-8-15-29(38)25-52-34(40(62)54-35)18-14-22-51-45(66)70-48(4,5)6/h8-11,15-16,19-20,23,27,34-35,37,52H,12-14,17-18,21-22,24-26,28H2,1-7H3,(H,50,65)(H,51,66)(H,53,63)(H,54,62)(H,67,68)(H,55,56,57,58)/t34-,35-,37-/m0/s1. The molecule has 6 rings (SSSR count). The number of H-pyrrole nitrogens is 1. The number of tetrazole rings is 1. The third kappa shape index (κ3) is 15.2. The summed E-state index contributed by atoms with van der Waals surface area (Å²) in [5.41, 5.74) is 1.51. The molecular weight excluding hydrogens is 956 g/mol. The number of carbonyl (C=O) groups is 6. The molecule has 0 fully saturated rings. The molecule has 7 N–H and O–H groups in total. The van der Waals surface area contributed by atoms with E-state index in [1.165, 1.54) is 34.3 Å². The van der Waals surface area contributed by atoms with E-state index in [1.807, 2.05) is 30.3 Å². The molecule has 71 heavy (non-hydrogen) atoms. The molecule has 0 saturated heterocycles. The van der Waals surface area contributed by atoms with Gasteiger partial charge in [-0.05, 0) is 108 Å². The molecule has 4 heterocycles. The van der Waals surface area contributed by atoms with E-state index in [1.54, 1.807) is 65.8 Å². The topological polar surface area (TPSA) is 267 Å². The first-order chi connectivity index (χ1) is 33.7. The second-order valence-electron chi connectivity index (χ2n) is 19.2. The summed E-state index contributed by atoms with van der Waals surface area (Å²) < 4.78 is 13.4. The third-order valence-corrected chi connectivity index (χ3v) is 13.0. The first-order valence-corrected chi connectivity index (χ1v) is 24.5. The predicted octanol–water partition coefficient (Wildman–Crippen LogP) is 5.68. The molecule has 0 saturated carbocycles. The van der Waals surface area contributed by atoms with Gasteiger partial charge in [0.05, 0.1) is 23.1 Å². The molecule has 21 nitrogen and oxygen atoms in total. The molecule has 23 heteroatoms. The minimum absolute atomic E-state index is 0.0637. The van der Waals surface area contributed by atoms with E-state index >= 15 is 4.79 Å². The fourth-order valence-corrected chi connectivity index (χ4v) is 9.38. The number of hydrogen-bond donors (Lipinski definition) is 7. The van der Waals surface area contributed by atoms with Crippen LogP contribution in [0.1, 0.15) is 90.6 Å². The normalized spacial score (nSPS) is 18.7. The van der Waals surface area contributed by atoms with Crippen LogP contribution in [-0.2, 0) is 36.8 Å². The smallest absolute Gasteiger partial charge is 0.416 e. The zero-order chi connectivity index (χ0) is 51.5. The van der Waals surface area contributed by atoms with Crippen molar-refractivity contribution in [1.82, 2.24) is 61.1 Å². The molecule has 0 spiro atoms. The summed E-state index contributed by atoms with van der Waals surface area (Å²) in [5.74, 6) is -1.34. The zero-order valence-corrected chi connectivity index (χ0v) is 42.5. The molecule has 2 aliphatic heterocycles. The number of para-hydroxylation sites is 1. The third-order valence-electron chi connectivity index (χ3n) is 11.3. The minimum atomic E-state index is -1.24. The lowest BCUT2D eigenvalue weighted by molar-refractivity contribution is -0.142. The number of rotatable bonds is 12. The average molecular weight is 1020 g/mol. The van der Waals surface area contributed by atoms with Crippen LogP contribution in [0.2, 0.25) is 0 Å². The molecule has 2 aromatic heterocycles. The highest BCUT2D eigenvalue weighted by atomic mass is 35.5. The summed E-state index contributed by atoms with van der Waals surface area (Å²) in [6, 6.07) is 11.2. The summed E-state index contributed by atoms with van der Waals surface area (Å²) in [7, 11) is 1.48. The van der Waals surface area contributed by atoms with Gasteiger partial charge in [0.25, 0.3) is 0 Å². The first kappa shape index (κ1) is 53.7. The minimum Gasteiger partial charge on any atom is -0.464 e. The second-order valence-corrected chi connectivity index (χ2v) is 20.6. The number of thioether (sulfide) groups is 1. The number of alkyl carbamates (subject to hydrolysis) is 2. The molecule has 382 valence electrons. The first-order valence-electron chi connectivity index (χ1n) is 23.4. The lowest BCUT2D eigenvalue weighted by Crippen LogP contribution is -2.57. The number of amides is 5. The number of aromatic nitrogens is 5. The molecule has 0 unspecified atom stereocenters. The fraction of sp³-hybridized carbons (Fsp3) is 0.479. The number of hydrogen-bond acceptors (Lipinski definition) is 14. The number of fused-ring (bicyclic) bond motifs is 2. The largest absolute Gasteiger partial charge is 0.464 e. The lowest BCUT2D eigenvalue weighted by atomic mass is 10.0. The number of likely N-dealkylation sites (N-methyl/N-ethyl adjacent to an activating group) is 1. The van der Waals surface area contributed by atoms with E-state index in [2.05, 4.69) is 47.2 Å². The highest BCUT2D eigenvalue weighted by Gasteiger charge is 2.35. The molecule has 0 radical (unpaired) electrons. The second kappa shape index (κ2) is 24.0. The summed E-state index contributed by atoms with van der Waals surface area (Å²) in [6.07, 6.45) is 2.25. The molecular formula is C48H63ClN12O9S. The van der Waals surface area contributed by atoms with E-state index in [0.29, 0.717) is 57.7 Å². The van der Waals surface area contributed by atoms with E-state index in [-0.39, 0.29) is 52.0 Å². The number of carbonyl (C=O) groups excluding carboxylic acids is 5. The SMILES string of the molecule is CN1C(=O)[C@H](CCCCNC(=O)OC(C)(C)C)NC(=O)[C@H](CCCNC(=O)OC(C)(C)C)NCc2ccccc2SC2=C(C=C(c3nn[nH]n3)CN2Cl)CNC(=O)[C@@H]1Cc1cn(C(=O)O)c2ccccc12. The Morgan fingerprint density at radius 3 is 2.21 bits per heavy atom. The lowest BCUT2D eigenvalue weighted by Gasteiger charge is -2.32. The van der Waals surface area contributed by atoms with E-state index in [4.69, 9.17) is 21.3 Å². The van der Waals surface area contributed by atoms with Gasteiger partial charge in [-0.3, -0.25) is 23.4 Å². The van der Waals surface area contributed by atoms with Crippen molar-refractivity contribution < 1.29 is 43.3 Å². The monoisotopic (exact) mass is 1020 g/mol. The fourth-order valence-electron chi connectivity index (χ4n) is 7.99. The van der Waals surface area contributed by atoms with Gasteiger partial charge in [0.1, 0.15) is 23.3 Å². The van der Waals surface area contributed by atoms with Crippen LogP contribution < -0.4 is 26.6 Å². The number of ether oxygens (including phenoxy) is 2. The van der Waals surface area contributed by atoms with Crippen molar-refractivity contribution in [2.75, 3.05) is 33.2 Å². The maximum absolute atomic E-state index is 15.0. The van der Waals surface area contributed by atoms with Crippen molar-refractivity contribution in [2.24, 2.45) is 0 Å². The Morgan fingerprint density at radius 1 is 0.873 bits per heavy atom. The summed E-state index contributed by atoms with van der Waals surface area (Å²) in [6.45, 7) is 11.3. The van der Waals surface area contributed by atoms with Crippen LogP contribution in [0.3, 0.4) is 0 Å². The van der Waals surface area contributed by atoms with Crippen LogP contribution in [0.25, 0.3) is 16.5 Å². The van der Waals surface area contributed by atoms with Gasteiger partial charge in [-0.15, -0.1) is 10.2 Å². The Hall–Kier alpha value is -6.65. The Labute approximate surface area is 421 Å². The van der Waals surface area contributed by atoms with Crippen molar-refractivity contribution in [1.29, 1.82) is 0 Å². The number of carboxylic acid groups (broad SMARTS) is 1. The number of unbranched alkanes of at least 4 members (excludes halogenated alkanes) is 1. The molecule has 0 aliphatic carbocycles. The summed E-state index contributed by atoms with van der Waals surface area (Å²) >= 11 is 8.42. The van der Waals surface area contributed by atoms with E-state index in [0.717, 1.165) is 15.0 Å². The molecule has 2 aliphatic rings. The molecule has 0 bridgehead atoms. The van der Waals surface area contributed by atoms with E-state index < -0.39 is 65.3 Å². The maximum Gasteiger partial charge on any atom is 0.416 e. The van der Waals surface area contributed by atoms with E-state index in [9.17, 15) is 29.1 Å². The van der Waals surface area contributed by atoms with Crippen LogP contribution in [0.4, 0.5) is 14.4 Å². The van der Waals surface area contributed by atoms with Crippen molar-refractivity contribution in [3.63, 3.8) is 0 Å². The van der Waals surface area contributed by atoms with Gasteiger partial charge in [0.15, 0.2) is 0 Å². The molecule has 5 amide bonds. The van der Waals surface area contributed by atoms with Gasteiger partial charge >= 0.3 is 18.3 Å². The zero-order valence-electron chi connectivity index (χ0n) is 41.0. The maximum atomic E-state index is 15.0. The summed E-state index contributed by atoms with van der Waals surface area (Å²) in [4.78, 5) is 84.0. The highest BCUT2D eigenvalue weighted by Crippen LogP contribution is 2.39. The number of nitrogens with zero attached hydrogens (tertiary/aromatic N) is 6. The van der Waals surface area contributed by atoms with Crippen LogP contribution in [0, 0.1) is 0 Å². The van der Waals surface area contributed by atoms with Crippen molar-refractivity contribution in [3.8, 4) is 0 Å². The highest BCUT2D eigenvalue weighted by molar-refractivity contribution is 8.03. The predicted molar refractivity (Wildman–Crippen MR) is 267 cm³/mol. The quantitative estimate of drug-likeness (QED) is 0.0665. The van der Waals surface area contributed by atoms with Gasteiger partial charge in [-0.25, -0.2) is 14.4 Å². The van der Waals surface area contributed by atoms with Crippen LogP contribution in [0.5, 0.6) is 0 Å². The average Bonchev–Trinajstić information content (AvgIpc) is 3.98. The van der Waals surface area contributed by atoms with Crippen LogP contribution in [0.15, 0.2) is 76.3 Å². The molecule has 2 aromatic carbocycles. The van der Waals surface area contributed by atoms with Crippen LogP contribution >= 0.6 is 23.5 Å². The number of benzene rings is 2. The number of nitrogens with one attached hydrogen (secondary N) is 6. The van der Waals surface area contributed by atoms with Gasteiger partial charge in [-0.1, -0.05) is 48.2 Å². The van der Waals surface area contributed by atoms with Crippen molar-refractivity contribution in [2.45, 2.75) is 121 Å². The Bertz CT molecular complexity index is 2620. The van der Waals surface area contributed by atoms with Gasteiger partial charge in [0, 0.05) is 79.0 Å². The Kier molecular flexibility index (Phi) is 18.1. The van der Waals surface area contributed by atoms with Crippen LogP contribution in [-0.4, -0.2) is 138 Å². The summed E-state index contributed by atoms with van der Waals surface area (Å²) in [5, 5.41) is 40.7. The number of halogens is 1. The van der Waals surface area contributed by atoms with Crippen molar-refractivity contribution in [3.05, 3.63) is 88.4 Å². The van der Waals surface area contributed by atoms with Crippen molar-refractivity contribution >= 4 is 76.0 Å². The Morgan fingerprint density at radius 2 is 1.54 bits per heavy atom. The molecule has 3 atom stereocenters. The van der Waals surface area contributed by atoms with Gasteiger partial charge in [0.2, 0.25) is 23.5 Å². The van der Waals surface area contributed by atoms with Gasteiger partial charge in [-0.2, -0.15) is 5.21 Å².